The molecule has 0 amide bonds. The van der Waals surface area contributed by atoms with Crippen molar-refractivity contribution < 1.29 is 13.2 Å². The Morgan fingerprint density at radius 1 is 1.32 bits per heavy atom. The van der Waals surface area contributed by atoms with Crippen LogP contribution in [0.2, 0.25) is 0 Å². The standard InChI is InChI=1S/C17H16F3N7O/c18-17(19,20)12-8-27(5-4-22-12)13-6-11-14(16(28)24-9-23-11)15(26-13)25-10-2-1-3-21-7-10/h1-3,6-7,9,12,22H,4-5,8H2,(H,25,26)(H,23,24,28). The third-order valence-corrected chi connectivity index (χ3v) is 4.43. The number of halogens is 3. The van der Waals surface area contributed by atoms with Gasteiger partial charge in [-0.2, -0.15) is 13.2 Å². The van der Waals surface area contributed by atoms with Gasteiger partial charge in [-0.3, -0.25) is 9.78 Å². The maximum Gasteiger partial charge on any atom is 0.405 e. The van der Waals surface area contributed by atoms with Crippen molar-refractivity contribution in [1.29, 1.82) is 0 Å². The molecule has 28 heavy (non-hydrogen) atoms. The van der Waals surface area contributed by atoms with Crippen LogP contribution in [0.5, 0.6) is 0 Å². The summed E-state index contributed by atoms with van der Waals surface area (Å²) in [5.74, 6) is 0.518. The molecular formula is C17H16F3N7O. The highest BCUT2D eigenvalue weighted by atomic mass is 19.4. The van der Waals surface area contributed by atoms with Gasteiger partial charge < -0.3 is 20.5 Å². The van der Waals surface area contributed by atoms with Crippen molar-refractivity contribution in [3.05, 3.63) is 47.3 Å². The van der Waals surface area contributed by atoms with E-state index in [9.17, 15) is 18.0 Å². The van der Waals surface area contributed by atoms with Gasteiger partial charge in [0.15, 0.2) is 0 Å². The lowest BCUT2D eigenvalue weighted by Crippen LogP contribution is -2.57. The summed E-state index contributed by atoms with van der Waals surface area (Å²) in [4.78, 5) is 28.9. The van der Waals surface area contributed by atoms with Crippen molar-refractivity contribution in [3.8, 4) is 0 Å². The summed E-state index contributed by atoms with van der Waals surface area (Å²) in [6.45, 7) is 0.232. The van der Waals surface area contributed by atoms with E-state index in [0.717, 1.165) is 0 Å². The molecule has 3 aromatic heterocycles. The molecule has 0 saturated carbocycles. The van der Waals surface area contributed by atoms with E-state index in [2.05, 4.69) is 30.6 Å². The summed E-state index contributed by atoms with van der Waals surface area (Å²) in [5, 5.41) is 5.70. The highest BCUT2D eigenvalue weighted by Crippen LogP contribution is 2.28. The number of hydrogen-bond donors (Lipinski definition) is 3. The molecule has 1 atom stereocenters. The van der Waals surface area contributed by atoms with Gasteiger partial charge in [-0.25, -0.2) is 9.97 Å². The Balaban J connectivity index is 1.76. The first-order chi connectivity index (χ1) is 13.4. The summed E-state index contributed by atoms with van der Waals surface area (Å²) in [5.41, 5.74) is 0.524. The molecule has 0 spiro atoms. The van der Waals surface area contributed by atoms with E-state index in [4.69, 9.17) is 0 Å². The van der Waals surface area contributed by atoms with Crippen LogP contribution in [0.25, 0.3) is 10.9 Å². The summed E-state index contributed by atoms with van der Waals surface area (Å²) in [6.07, 6.45) is 0.0367. The molecule has 4 rings (SSSR count). The Morgan fingerprint density at radius 2 is 2.18 bits per heavy atom. The van der Waals surface area contributed by atoms with Gasteiger partial charge in [0.25, 0.3) is 5.56 Å². The van der Waals surface area contributed by atoms with Crippen LogP contribution in [0.4, 0.5) is 30.5 Å². The predicted molar refractivity (Wildman–Crippen MR) is 97.7 cm³/mol. The van der Waals surface area contributed by atoms with E-state index in [1.807, 2.05) is 0 Å². The number of aromatic nitrogens is 4. The molecule has 0 radical (unpaired) electrons. The molecule has 3 N–H and O–H groups in total. The summed E-state index contributed by atoms with van der Waals surface area (Å²) in [7, 11) is 0. The third-order valence-electron chi connectivity index (χ3n) is 4.43. The molecule has 3 aromatic rings. The quantitative estimate of drug-likeness (QED) is 0.626. The second kappa shape index (κ2) is 7.08. The van der Waals surface area contributed by atoms with Crippen LogP contribution in [0.15, 0.2) is 41.7 Å². The Hall–Kier alpha value is -3.21. The van der Waals surface area contributed by atoms with Gasteiger partial charge in [0.05, 0.1) is 23.7 Å². The predicted octanol–water partition coefficient (Wildman–Crippen LogP) is 1.80. The monoisotopic (exact) mass is 391 g/mol. The molecule has 1 aliphatic rings. The van der Waals surface area contributed by atoms with Crippen molar-refractivity contribution in [3.63, 3.8) is 0 Å². The van der Waals surface area contributed by atoms with Crippen LogP contribution >= 0.6 is 0 Å². The minimum absolute atomic E-state index is 0.165. The number of hydrogen-bond acceptors (Lipinski definition) is 7. The second-order valence-corrected chi connectivity index (χ2v) is 6.32. The van der Waals surface area contributed by atoms with E-state index >= 15 is 0 Å². The lowest BCUT2D eigenvalue weighted by molar-refractivity contribution is -0.155. The van der Waals surface area contributed by atoms with Crippen LogP contribution in [0.3, 0.4) is 0 Å². The third kappa shape index (κ3) is 3.60. The number of nitrogens with zero attached hydrogens (tertiary/aromatic N) is 4. The first kappa shape index (κ1) is 18.2. The topological polar surface area (TPSA) is 98.8 Å². The molecule has 0 aliphatic carbocycles. The minimum atomic E-state index is -4.36. The average Bonchev–Trinajstić information content (AvgIpc) is 2.68. The van der Waals surface area contributed by atoms with Crippen molar-refractivity contribution in [2.45, 2.75) is 12.2 Å². The first-order valence-corrected chi connectivity index (χ1v) is 8.52. The highest BCUT2D eigenvalue weighted by Gasteiger charge is 2.42. The first-order valence-electron chi connectivity index (χ1n) is 8.52. The minimum Gasteiger partial charge on any atom is -0.353 e. The van der Waals surface area contributed by atoms with Crippen molar-refractivity contribution in [2.75, 3.05) is 29.9 Å². The van der Waals surface area contributed by atoms with E-state index in [0.29, 0.717) is 23.6 Å². The Bertz CT molecular complexity index is 1040. The van der Waals surface area contributed by atoms with Crippen molar-refractivity contribution in [2.24, 2.45) is 0 Å². The fourth-order valence-corrected chi connectivity index (χ4v) is 3.08. The number of aromatic amines is 1. The number of anilines is 3. The molecule has 146 valence electrons. The van der Waals surface area contributed by atoms with Crippen LogP contribution in [-0.2, 0) is 0 Å². The molecule has 4 heterocycles. The van der Waals surface area contributed by atoms with Gasteiger partial charge in [-0.15, -0.1) is 0 Å². The van der Waals surface area contributed by atoms with Gasteiger partial charge in [0, 0.05) is 31.9 Å². The van der Waals surface area contributed by atoms with Gasteiger partial charge in [-0.1, -0.05) is 0 Å². The fourth-order valence-electron chi connectivity index (χ4n) is 3.08. The van der Waals surface area contributed by atoms with Crippen LogP contribution < -0.4 is 21.1 Å². The highest BCUT2D eigenvalue weighted by molar-refractivity contribution is 5.92. The summed E-state index contributed by atoms with van der Waals surface area (Å²) < 4.78 is 39.3. The number of nitrogens with one attached hydrogen (secondary N) is 3. The normalized spacial score (nSPS) is 17.7. The molecule has 0 aromatic carbocycles. The van der Waals surface area contributed by atoms with E-state index in [1.165, 1.54) is 17.3 Å². The van der Waals surface area contributed by atoms with Gasteiger partial charge in [-0.05, 0) is 12.1 Å². The molecule has 1 aliphatic heterocycles. The molecule has 11 heteroatoms. The largest absolute Gasteiger partial charge is 0.405 e. The van der Waals surface area contributed by atoms with Crippen molar-refractivity contribution >= 4 is 28.2 Å². The second-order valence-electron chi connectivity index (χ2n) is 6.32. The maximum absolute atomic E-state index is 13.1. The van der Waals surface area contributed by atoms with E-state index in [-0.39, 0.29) is 24.3 Å². The van der Waals surface area contributed by atoms with E-state index < -0.39 is 17.8 Å². The number of fused-ring (bicyclic) bond motifs is 1. The number of rotatable bonds is 3. The van der Waals surface area contributed by atoms with Gasteiger partial charge in [0.1, 0.15) is 23.1 Å². The Morgan fingerprint density at radius 3 is 2.93 bits per heavy atom. The Kier molecular flexibility index (Phi) is 4.59. The molecule has 1 fully saturated rings. The summed E-state index contributed by atoms with van der Waals surface area (Å²) >= 11 is 0. The smallest absolute Gasteiger partial charge is 0.353 e. The summed E-state index contributed by atoms with van der Waals surface area (Å²) in [6, 6.07) is 3.32. The number of pyridine rings is 2. The molecular weight excluding hydrogens is 375 g/mol. The lowest BCUT2D eigenvalue weighted by Gasteiger charge is -2.35. The zero-order valence-corrected chi connectivity index (χ0v) is 14.5. The Labute approximate surface area is 156 Å². The van der Waals surface area contributed by atoms with E-state index in [1.54, 1.807) is 24.5 Å². The van der Waals surface area contributed by atoms with Crippen LogP contribution in [0, 0.1) is 0 Å². The molecule has 1 unspecified atom stereocenters. The average molecular weight is 391 g/mol. The SMILES string of the molecule is O=c1[nH]cnc2cc(N3CCNC(C(F)(F)F)C3)nc(Nc3cccnc3)c12. The maximum atomic E-state index is 13.1. The molecule has 1 saturated heterocycles. The van der Waals surface area contributed by atoms with Gasteiger partial charge in [0.2, 0.25) is 0 Å². The zero-order valence-electron chi connectivity index (χ0n) is 14.5. The number of piperazine rings is 1. The van der Waals surface area contributed by atoms with Crippen LogP contribution in [-0.4, -0.2) is 51.8 Å². The fraction of sp³-hybridized carbons (Fsp3) is 0.294. The molecule has 0 bridgehead atoms. The number of H-pyrrole nitrogens is 1. The number of alkyl halides is 3. The van der Waals surface area contributed by atoms with Gasteiger partial charge >= 0.3 is 6.18 Å². The lowest BCUT2D eigenvalue weighted by atomic mass is 10.2. The van der Waals surface area contributed by atoms with Crippen LogP contribution in [0.1, 0.15) is 0 Å². The van der Waals surface area contributed by atoms with Crippen molar-refractivity contribution in [1.82, 2.24) is 25.3 Å². The molecule has 8 nitrogen and oxygen atoms in total. The zero-order chi connectivity index (χ0) is 19.7.